The number of esters is 1. The third kappa shape index (κ3) is 4.99. The average Bonchev–Trinajstić information content (AvgIpc) is 3.39. The van der Waals surface area contributed by atoms with Gasteiger partial charge in [-0.15, -0.1) is 0 Å². The van der Waals surface area contributed by atoms with Gasteiger partial charge < -0.3 is 9.84 Å². The van der Waals surface area contributed by atoms with Crippen LogP contribution < -0.4 is 0 Å². The molecule has 1 fully saturated rings. The van der Waals surface area contributed by atoms with E-state index in [1.807, 2.05) is 24.3 Å². The first-order valence-electron chi connectivity index (χ1n) is 12.5. The Balaban J connectivity index is 1.60. The fourth-order valence-corrected chi connectivity index (χ4v) is 5.33. The molecule has 1 aromatic heterocycles. The number of benzene rings is 3. The minimum absolute atomic E-state index is 0.0491. The van der Waals surface area contributed by atoms with Crippen molar-refractivity contribution in [2.45, 2.75) is 24.6 Å². The van der Waals surface area contributed by atoms with Crippen molar-refractivity contribution in [1.82, 2.24) is 14.7 Å². The molecule has 1 aliphatic rings. The SMILES string of the molecule is COC(=O)Cn1cc(C=C2CN(C(c3ccccc3)(c3ccccc3)c3ccccc3)CCC2O)cn1. The summed E-state index contributed by atoms with van der Waals surface area (Å²) in [7, 11) is 1.36. The fourth-order valence-electron chi connectivity index (χ4n) is 5.33. The predicted molar refractivity (Wildman–Crippen MR) is 144 cm³/mol. The van der Waals surface area contributed by atoms with Crippen molar-refractivity contribution in [1.29, 1.82) is 0 Å². The number of nitrogens with zero attached hydrogens (tertiary/aromatic N) is 3. The number of likely N-dealkylation sites (tertiary alicyclic amines) is 1. The minimum Gasteiger partial charge on any atom is -0.468 e. The number of rotatable bonds is 7. The van der Waals surface area contributed by atoms with Crippen LogP contribution in [0.5, 0.6) is 0 Å². The third-order valence-corrected chi connectivity index (χ3v) is 7.05. The van der Waals surface area contributed by atoms with Gasteiger partial charge in [-0.25, -0.2) is 0 Å². The lowest BCUT2D eigenvalue weighted by Crippen LogP contribution is -2.52. The standard InChI is InChI=1S/C31H31N3O3/c1-37-30(36)23-34-21-24(20-32-34)19-25-22-33(18-17-29(25)35)31(26-11-5-2-6-12-26,27-13-7-3-8-14-27)28-15-9-4-10-16-28/h2-16,19-21,29,35H,17-18,22-23H2,1H3. The maximum Gasteiger partial charge on any atom is 0.327 e. The Bertz CT molecular complexity index is 1250. The molecule has 0 bridgehead atoms. The van der Waals surface area contributed by atoms with Crippen LogP contribution in [0.1, 0.15) is 28.7 Å². The van der Waals surface area contributed by atoms with Gasteiger partial charge in [-0.2, -0.15) is 5.10 Å². The third-order valence-electron chi connectivity index (χ3n) is 7.05. The number of piperidine rings is 1. The number of aliphatic hydroxyl groups excluding tert-OH is 1. The van der Waals surface area contributed by atoms with Crippen LogP contribution in [-0.4, -0.2) is 52.1 Å². The van der Waals surface area contributed by atoms with Crippen LogP contribution in [0.3, 0.4) is 0 Å². The number of methoxy groups -OCH3 is 1. The van der Waals surface area contributed by atoms with E-state index in [0.29, 0.717) is 13.0 Å². The van der Waals surface area contributed by atoms with Gasteiger partial charge in [-0.1, -0.05) is 91.0 Å². The maximum atomic E-state index is 11.6. The molecular formula is C31H31N3O3. The summed E-state index contributed by atoms with van der Waals surface area (Å²) in [6, 6.07) is 31.8. The Morgan fingerprint density at radius 2 is 1.51 bits per heavy atom. The van der Waals surface area contributed by atoms with Gasteiger partial charge in [0.2, 0.25) is 0 Å². The molecule has 0 amide bonds. The number of carbonyl (C=O) groups excluding carboxylic acids is 1. The first kappa shape index (κ1) is 24.7. The van der Waals surface area contributed by atoms with Gasteiger partial charge >= 0.3 is 5.97 Å². The quantitative estimate of drug-likeness (QED) is 0.303. The van der Waals surface area contributed by atoms with E-state index in [2.05, 4.69) is 82.8 Å². The summed E-state index contributed by atoms with van der Waals surface area (Å²) >= 11 is 0. The van der Waals surface area contributed by atoms with Gasteiger partial charge in [-0.05, 0) is 34.8 Å². The van der Waals surface area contributed by atoms with Gasteiger partial charge in [0.1, 0.15) is 6.54 Å². The second kappa shape index (κ2) is 10.9. The molecule has 37 heavy (non-hydrogen) atoms. The first-order valence-corrected chi connectivity index (χ1v) is 12.5. The highest BCUT2D eigenvalue weighted by Gasteiger charge is 2.44. The lowest BCUT2D eigenvalue weighted by molar-refractivity contribution is -0.141. The summed E-state index contributed by atoms with van der Waals surface area (Å²) < 4.78 is 6.30. The van der Waals surface area contributed by atoms with Crippen molar-refractivity contribution < 1.29 is 14.6 Å². The molecule has 2 heterocycles. The average molecular weight is 494 g/mol. The lowest BCUT2D eigenvalue weighted by atomic mass is 9.74. The molecule has 6 heteroatoms. The number of carbonyl (C=O) groups is 1. The Hall–Kier alpha value is -4.00. The molecule has 5 rings (SSSR count). The maximum absolute atomic E-state index is 11.6. The molecule has 0 aliphatic carbocycles. The summed E-state index contributed by atoms with van der Waals surface area (Å²) in [5.41, 5.74) is 4.73. The molecule has 1 unspecified atom stereocenters. The Kier molecular flexibility index (Phi) is 7.30. The number of hydrogen-bond donors (Lipinski definition) is 1. The van der Waals surface area contributed by atoms with Crippen molar-refractivity contribution in [3.05, 3.63) is 131 Å². The van der Waals surface area contributed by atoms with E-state index in [-0.39, 0.29) is 12.5 Å². The van der Waals surface area contributed by atoms with Gasteiger partial charge in [0, 0.05) is 24.8 Å². The summed E-state index contributed by atoms with van der Waals surface area (Å²) in [4.78, 5) is 14.1. The van der Waals surface area contributed by atoms with E-state index in [4.69, 9.17) is 4.74 Å². The molecule has 4 aromatic rings. The smallest absolute Gasteiger partial charge is 0.327 e. The molecule has 1 atom stereocenters. The second-order valence-corrected chi connectivity index (χ2v) is 9.30. The van der Waals surface area contributed by atoms with E-state index in [1.165, 1.54) is 23.8 Å². The van der Waals surface area contributed by atoms with E-state index >= 15 is 0 Å². The normalized spacial score (nSPS) is 17.6. The molecule has 1 aliphatic heterocycles. The van der Waals surface area contributed by atoms with E-state index in [0.717, 1.165) is 17.7 Å². The van der Waals surface area contributed by atoms with Gasteiger partial charge in [-0.3, -0.25) is 14.4 Å². The summed E-state index contributed by atoms with van der Waals surface area (Å²) in [6.45, 7) is 1.34. The Morgan fingerprint density at radius 1 is 0.973 bits per heavy atom. The first-order chi connectivity index (χ1) is 18.1. The molecule has 6 nitrogen and oxygen atoms in total. The molecule has 3 aromatic carbocycles. The zero-order valence-corrected chi connectivity index (χ0v) is 20.9. The minimum atomic E-state index is -0.555. The highest BCUT2D eigenvalue weighted by molar-refractivity contribution is 5.69. The summed E-state index contributed by atoms with van der Waals surface area (Å²) in [5, 5.41) is 15.3. The van der Waals surface area contributed by atoms with Crippen LogP contribution in [0.2, 0.25) is 0 Å². The number of aromatic nitrogens is 2. The highest BCUT2D eigenvalue weighted by atomic mass is 16.5. The largest absolute Gasteiger partial charge is 0.468 e. The van der Waals surface area contributed by atoms with Crippen LogP contribution in [0.25, 0.3) is 6.08 Å². The molecule has 188 valence electrons. The van der Waals surface area contributed by atoms with Crippen LogP contribution >= 0.6 is 0 Å². The topological polar surface area (TPSA) is 67.6 Å². The monoisotopic (exact) mass is 493 g/mol. The lowest BCUT2D eigenvalue weighted by Gasteiger charge is -2.48. The zero-order valence-electron chi connectivity index (χ0n) is 20.9. The molecule has 0 radical (unpaired) electrons. The Morgan fingerprint density at radius 3 is 2.03 bits per heavy atom. The van der Waals surface area contributed by atoms with E-state index in [1.54, 1.807) is 17.1 Å². The Labute approximate surface area is 217 Å². The van der Waals surface area contributed by atoms with E-state index in [9.17, 15) is 9.90 Å². The zero-order chi connectivity index (χ0) is 25.7. The van der Waals surface area contributed by atoms with Crippen molar-refractivity contribution in [2.75, 3.05) is 20.2 Å². The van der Waals surface area contributed by atoms with Crippen LogP contribution in [0.4, 0.5) is 0 Å². The summed E-state index contributed by atoms with van der Waals surface area (Å²) in [5.74, 6) is -0.357. The van der Waals surface area contributed by atoms with Crippen LogP contribution in [0, 0.1) is 0 Å². The molecule has 0 saturated carbocycles. The second-order valence-electron chi connectivity index (χ2n) is 9.30. The predicted octanol–water partition coefficient (Wildman–Crippen LogP) is 4.50. The van der Waals surface area contributed by atoms with Gasteiger partial charge in [0.15, 0.2) is 0 Å². The molecule has 1 N–H and O–H groups in total. The van der Waals surface area contributed by atoms with Crippen molar-refractivity contribution in [3.63, 3.8) is 0 Å². The number of aliphatic hydroxyl groups is 1. The number of hydrogen-bond acceptors (Lipinski definition) is 5. The van der Waals surface area contributed by atoms with E-state index < -0.39 is 11.6 Å². The van der Waals surface area contributed by atoms with Crippen molar-refractivity contribution >= 4 is 12.0 Å². The molecular weight excluding hydrogens is 462 g/mol. The van der Waals surface area contributed by atoms with Crippen molar-refractivity contribution in [3.8, 4) is 0 Å². The van der Waals surface area contributed by atoms with Crippen molar-refractivity contribution in [2.24, 2.45) is 0 Å². The molecule has 0 spiro atoms. The van der Waals surface area contributed by atoms with Crippen LogP contribution in [0.15, 0.2) is 109 Å². The number of ether oxygens (including phenoxy) is 1. The molecule has 1 saturated heterocycles. The van der Waals surface area contributed by atoms with Gasteiger partial charge in [0.25, 0.3) is 0 Å². The summed E-state index contributed by atoms with van der Waals surface area (Å²) in [6.07, 6.45) is 5.55. The van der Waals surface area contributed by atoms with Gasteiger partial charge in [0.05, 0.1) is 24.9 Å². The highest BCUT2D eigenvalue weighted by Crippen LogP contribution is 2.44. The fraction of sp³-hybridized carbons (Fsp3) is 0.226. The van der Waals surface area contributed by atoms with Crippen LogP contribution in [-0.2, 0) is 21.6 Å².